The SMILES string of the molecule is CCOC[C@@H](C(=O)OC)N(C)C(=O)c1cc(C(C)C)n(C(C)(C)C)n1. The first-order chi connectivity index (χ1) is 11.5. The lowest BCUT2D eigenvalue weighted by molar-refractivity contribution is -0.147. The van der Waals surface area contributed by atoms with E-state index < -0.39 is 12.0 Å². The summed E-state index contributed by atoms with van der Waals surface area (Å²) in [6.07, 6.45) is 0. The number of ether oxygens (including phenoxy) is 2. The van der Waals surface area contributed by atoms with Crippen molar-refractivity contribution in [2.75, 3.05) is 27.4 Å². The highest BCUT2D eigenvalue weighted by Gasteiger charge is 2.31. The Labute approximate surface area is 150 Å². The Morgan fingerprint density at radius 1 is 1.32 bits per heavy atom. The van der Waals surface area contributed by atoms with Crippen LogP contribution in [-0.2, 0) is 19.8 Å². The molecule has 1 aromatic rings. The van der Waals surface area contributed by atoms with Crippen LogP contribution in [0.5, 0.6) is 0 Å². The van der Waals surface area contributed by atoms with Gasteiger partial charge in [-0.15, -0.1) is 0 Å². The molecular formula is C18H31N3O4. The van der Waals surface area contributed by atoms with Gasteiger partial charge >= 0.3 is 5.97 Å². The zero-order valence-corrected chi connectivity index (χ0v) is 16.6. The predicted octanol–water partition coefficient (Wildman–Crippen LogP) is 2.41. The smallest absolute Gasteiger partial charge is 0.331 e. The Balaban J connectivity index is 3.18. The van der Waals surface area contributed by atoms with Crippen LogP contribution >= 0.6 is 0 Å². The summed E-state index contributed by atoms with van der Waals surface area (Å²) in [5.41, 5.74) is 1.04. The molecule has 7 heteroatoms. The molecule has 1 atom stereocenters. The fourth-order valence-corrected chi connectivity index (χ4v) is 2.47. The molecular weight excluding hydrogens is 322 g/mol. The molecule has 1 aromatic heterocycles. The van der Waals surface area contributed by atoms with Crippen LogP contribution in [0.4, 0.5) is 0 Å². The van der Waals surface area contributed by atoms with Crippen molar-refractivity contribution in [1.29, 1.82) is 0 Å². The minimum Gasteiger partial charge on any atom is -0.467 e. The van der Waals surface area contributed by atoms with Crippen molar-refractivity contribution < 1.29 is 19.1 Å². The zero-order valence-electron chi connectivity index (χ0n) is 16.6. The van der Waals surface area contributed by atoms with Crippen LogP contribution in [0, 0.1) is 0 Å². The summed E-state index contributed by atoms with van der Waals surface area (Å²) < 4.78 is 12.0. The molecule has 1 heterocycles. The molecule has 0 aliphatic heterocycles. The Kier molecular flexibility index (Phi) is 7.17. The van der Waals surface area contributed by atoms with Crippen molar-refractivity contribution in [1.82, 2.24) is 14.7 Å². The number of carbonyl (C=O) groups excluding carboxylic acids is 2. The van der Waals surface area contributed by atoms with Gasteiger partial charge in [0.15, 0.2) is 11.7 Å². The molecule has 0 fully saturated rings. The van der Waals surface area contributed by atoms with Gasteiger partial charge in [0, 0.05) is 19.3 Å². The normalized spacial score (nSPS) is 13.0. The molecule has 0 unspecified atom stereocenters. The highest BCUT2D eigenvalue weighted by molar-refractivity contribution is 5.95. The molecule has 7 nitrogen and oxygen atoms in total. The summed E-state index contributed by atoms with van der Waals surface area (Å²) in [4.78, 5) is 26.2. The number of amides is 1. The maximum absolute atomic E-state index is 12.9. The lowest BCUT2D eigenvalue weighted by Gasteiger charge is -2.25. The lowest BCUT2D eigenvalue weighted by Crippen LogP contribution is -2.46. The van der Waals surface area contributed by atoms with Gasteiger partial charge < -0.3 is 14.4 Å². The van der Waals surface area contributed by atoms with Gasteiger partial charge in [-0.2, -0.15) is 5.10 Å². The van der Waals surface area contributed by atoms with Crippen molar-refractivity contribution >= 4 is 11.9 Å². The molecule has 25 heavy (non-hydrogen) atoms. The maximum Gasteiger partial charge on any atom is 0.331 e. The molecule has 0 aromatic carbocycles. The fraction of sp³-hybridized carbons (Fsp3) is 0.722. The number of carbonyl (C=O) groups is 2. The highest BCUT2D eigenvalue weighted by Crippen LogP contribution is 2.24. The molecule has 1 amide bonds. The second kappa shape index (κ2) is 8.47. The van der Waals surface area contributed by atoms with Gasteiger partial charge in [0.25, 0.3) is 5.91 Å². The Bertz CT molecular complexity index is 602. The summed E-state index contributed by atoms with van der Waals surface area (Å²) >= 11 is 0. The monoisotopic (exact) mass is 353 g/mol. The number of esters is 1. The summed E-state index contributed by atoms with van der Waals surface area (Å²) in [6.45, 7) is 12.6. The standard InChI is InChI=1S/C18H31N3O4/c1-9-25-11-15(17(23)24-8)20(7)16(22)13-10-14(12(2)3)21(19-13)18(4,5)6/h10,12,15H,9,11H2,1-8H3/t15-/m0/s1. The van der Waals surface area contributed by atoms with Crippen molar-refractivity contribution in [2.24, 2.45) is 0 Å². The third kappa shape index (κ3) is 5.04. The number of hydrogen-bond acceptors (Lipinski definition) is 5. The topological polar surface area (TPSA) is 73.7 Å². The molecule has 0 saturated heterocycles. The summed E-state index contributed by atoms with van der Waals surface area (Å²) in [5, 5.41) is 4.50. The minimum atomic E-state index is -0.806. The number of hydrogen-bond donors (Lipinski definition) is 0. The van der Waals surface area contributed by atoms with Crippen LogP contribution < -0.4 is 0 Å². The third-order valence-corrected chi connectivity index (χ3v) is 3.92. The van der Waals surface area contributed by atoms with E-state index in [0.717, 1.165) is 5.69 Å². The van der Waals surface area contributed by atoms with Crippen LogP contribution in [0.3, 0.4) is 0 Å². The fourth-order valence-electron chi connectivity index (χ4n) is 2.47. The molecule has 0 radical (unpaired) electrons. The molecule has 0 spiro atoms. The van der Waals surface area contributed by atoms with Crippen molar-refractivity contribution in [3.63, 3.8) is 0 Å². The van der Waals surface area contributed by atoms with Gasteiger partial charge in [-0.1, -0.05) is 13.8 Å². The Hall–Kier alpha value is -1.89. The zero-order chi connectivity index (χ0) is 19.4. The average molecular weight is 353 g/mol. The number of nitrogens with zero attached hydrogens (tertiary/aromatic N) is 3. The predicted molar refractivity (Wildman–Crippen MR) is 95.7 cm³/mol. The van der Waals surface area contributed by atoms with E-state index in [1.807, 2.05) is 32.4 Å². The van der Waals surface area contributed by atoms with E-state index >= 15 is 0 Å². The van der Waals surface area contributed by atoms with Crippen LogP contribution in [-0.4, -0.2) is 60.0 Å². The molecule has 0 N–H and O–H groups in total. The second-order valence-electron chi connectivity index (χ2n) is 7.31. The maximum atomic E-state index is 12.9. The highest BCUT2D eigenvalue weighted by atomic mass is 16.5. The summed E-state index contributed by atoms with van der Waals surface area (Å²) in [7, 11) is 2.86. The first kappa shape index (κ1) is 21.2. The Morgan fingerprint density at radius 3 is 2.32 bits per heavy atom. The molecule has 0 aliphatic rings. The van der Waals surface area contributed by atoms with Gasteiger partial charge in [0.1, 0.15) is 0 Å². The van der Waals surface area contributed by atoms with Gasteiger partial charge in [-0.25, -0.2) is 4.79 Å². The lowest BCUT2D eigenvalue weighted by atomic mass is 10.1. The van der Waals surface area contributed by atoms with Crippen molar-refractivity contribution in [3.8, 4) is 0 Å². The van der Waals surface area contributed by atoms with Crippen LogP contribution in [0.15, 0.2) is 6.07 Å². The van der Waals surface area contributed by atoms with Crippen LogP contribution in [0.25, 0.3) is 0 Å². The van der Waals surface area contributed by atoms with Crippen LogP contribution in [0.1, 0.15) is 63.6 Å². The molecule has 0 aliphatic carbocycles. The van der Waals surface area contributed by atoms with Crippen molar-refractivity contribution in [2.45, 2.75) is 59.0 Å². The number of aromatic nitrogens is 2. The van der Waals surface area contributed by atoms with E-state index in [4.69, 9.17) is 9.47 Å². The van der Waals surface area contributed by atoms with Crippen LogP contribution in [0.2, 0.25) is 0 Å². The molecule has 0 bridgehead atoms. The van der Waals surface area contributed by atoms with Gasteiger partial charge in [0.05, 0.1) is 19.3 Å². The van der Waals surface area contributed by atoms with E-state index in [1.54, 1.807) is 13.1 Å². The number of methoxy groups -OCH3 is 1. The number of rotatable bonds is 7. The Morgan fingerprint density at radius 2 is 1.92 bits per heavy atom. The van der Waals surface area contributed by atoms with E-state index in [1.165, 1.54) is 12.0 Å². The summed E-state index contributed by atoms with van der Waals surface area (Å²) in [6, 6.07) is 0.990. The van der Waals surface area contributed by atoms with E-state index in [0.29, 0.717) is 12.3 Å². The van der Waals surface area contributed by atoms with Gasteiger partial charge in [-0.3, -0.25) is 9.48 Å². The molecule has 142 valence electrons. The third-order valence-electron chi connectivity index (χ3n) is 3.92. The second-order valence-corrected chi connectivity index (χ2v) is 7.31. The van der Waals surface area contributed by atoms with Gasteiger partial charge in [-0.05, 0) is 39.7 Å². The number of likely N-dealkylation sites (N-methyl/N-ethyl adjacent to an activating group) is 1. The van der Waals surface area contributed by atoms with Crippen molar-refractivity contribution in [3.05, 3.63) is 17.5 Å². The van der Waals surface area contributed by atoms with E-state index in [2.05, 4.69) is 18.9 Å². The quantitative estimate of drug-likeness (QED) is 0.704. The molecule has 1 rings (SSSR count). The van der Waals surface area contributed by atoms with E-state index in [-0.39, 0.29) is 24.0 Å². The van der Waals surface area contributed by atoms with Gasteiger partial charge in [0.2, 0.25) is 0 Å². The molecule has 0 saturated carbocycles. The largest absolute Gasteiger partial charge is 0.467 e. The minimum absolute atomic E-state index is 0.0857. The van der Waals surface area contributed by atoms with E-state index in [9.17, 15) is 9.59 Å². The first-order valence-corrected chi connectivity index (χ1v) is 8.57. The summed E-state index contributed by atoms with van der Waals surface area (Å²) in [5.74, 6) is -0.623. The average Bonchev–Trinajstić information content (AvgIpc) is 2.99. The first-order valence-electron chi connectivity index (χ1n) is 8.57.